The van der Waals surface area contributed by atoms with E-state index in [-0.39, 0.29) is 11.8 Å². The Bertz CT molecular complexity index is 410. The maximum Gasteiger partial charge on any atom is 0.222 e. The normalized spacial score (nSPS) is 12.2. The van der Waals surface area contributed by atoms with Gasteiger partial charge in [0.15, 0.2) is 11.6 Å². The molecule has 0 heterocycles. The van der Waals surface area contributed by atoms with Gasteiger partial charge in [0.1, 0.15) is 0 Å². The van der Waals surface area contributed by atoms with E-state index in [9.17, 15) is 13.6 Å². The molecule has 1 unspecified atom stereocenters. The summed E-state index contributed by atoms with van der Waals surface area (Å²) in [6, 6.07) is 3.76. The van der Waals surface area contributed by atoms with E-state index in [4.69, 9.17) is 4.74 Å². The summed E-state index contributed by atoms with van der Waals surface area (Å²) in [5.41, 5.74) is 0.654. The van der Waals surface area contributed by atoms with Crippen LogP contribution in [0.3, 0.4) is 0 Å². The molecule has 0 bridgehead atoms. The Morgan fingerprint density at radius 3 is 2.72 bits per heavy atom. The maximum absolute atomic E-state index is 13.0. The second-order valence-electron chi connectivity index (χ2n) is 4.12. The standard InChI is InChI=1S/C13H17F2NO2/c1-9(8-16-13(17)5-6-18-2)10-3-4-11(14)12(15)7-10/h3-4,7,9H,5-6,8H2,1-2H3,(H,16,17). The number of hydrogen-bond donors (Lipinski definition) is 1. The van der Waals surface area contributed by atoms with Crippen molar-refractivity contribution in [2.45, 2.75) is 19.3 Å². The largest absolute Gasteiger partial charge is 0.384 e. The molecule has 5 heteroatoms. The molecule has 0 saturated heterocycles. The number of ether oxygens (including phenoxy) is 1. The molecule has 3 nitrogen and oxygen atoms in total. The molecule has 0 aliphatic heterocycles. The van der Waals surface area contributed by atoms with Crippen molar-refractivity contribution in [3.63, 3.8) is 0 Å². The van der Waals surface area contributed by atoms with Crippen molar-refractivity contribution in [3.8, 4) is 0 Å². The van der Waals surface area contributed by atoms with Crippen molar-refractivity contribution >= 4 is 5.91 Å². The minimum absolute atomic E-state index is 0.0772. The number of halogens is 2. The fraction of sp³-hybridized carbons (Fsp3) is 0.462. The third-order valence-electron chi connectivity index (χ3n) is 2.65. The number of benzene rings is 1. The van der Waals surface area contributed by atoms with Crippen molar-refractivity contribution in [2.75, 3.05) is 20.3 Å². The Morgan fingerprint density at radius 2 is 2.11 bits per heavy atom. The lowest BCUT2D eigenvalue weighted by Gasteiger charge is -2.13. The van der Waals surface area contributed by atoms with Gasteiger partial charge in [0.25, 0.3) is 0 Å². The van der Waals surface area contributed by atoms with Crippen LogP contribution in [0.5, 0.6) is 0 Å². The highest BCUT2D eigenvalue weighted by atomic mass is 19.2. The first-order valence-corrected chi connectivity index (χ1v) is 5.75. The monoisotopic (exact) mass is 257 g/mol. The van der Waals surface area contributed by atoms with E-state index >= 15 is 0 Å². The van der Waals surface area contributed by atoms with Crippen LogP contribution in [0.4, 0.5) is 8.78 Å². The van der Waals surface area contributed by atoms with Gasteiger partial charge in [0.2, 0.25) is 5.91 Å². The zero-order valence-corrected chi connectivity index (χ0v) is 10.5. The van der Waals surface area contributed by atoms with Gasteiger partial charge in [0, 0.05) is 20.1 Å². The lowest BCUT2D eigenvalue weighted by atomic mass is 10.0. The van der Waals surface area contributed by atoms with Gasteiger partial charge in [-0.3, -0.25) is 4.79 Å². The van der Waals surface area contributed by atoms with Crippen molar-refractivity contribution < 1.29 is 18.3 Å². The molecule has 0 fully saturated rings. The second kappa shape index (κ2) is 7.06. The third kappa shape index (κ3) is 4.41. The molecule has 0 aliphatic carbocycles. The Labute approximate surface area is 105 Å². The highest BCUT2D eigenvalue weighted by Crippen LogP contribution is 2.17. The summed E-state index contributed by atoms with van der Waals surface area (Å²) in [4.78, 5) is 11.3. The first-order valence-electron chi connectivity index (χ1n) is 5.75. The summed E-state index contributed by atoms with van der Waals surface area (Å²) < 4.78 is 30.6. The molecule has 1 amide bonds. The minimum atomic E-state index is -0.870. The number of carbonyl (C=O) groups is 1. The summed E-state index contributed by atoms with van der Waals surface area (Å²) >= 11 is 0. The van der Waals surface area contributed by atoms with E-state index in [1.54, 1.807) is 0 Å². The van der Waals surface area contributed by atoms with Gasteiger partial charge < -0.3 is 10.1 Å². The SMILES string of the molecule is COCCC(=O)NCC(C)c1ccc(F)c(F)c1. The zero-order chi connectivity index (χ0) is 13.5. The average Bonchev–Trinajstić information content (AvgIpc) is 2.36. The molecule has 0 spiro atoms. The zero-order valence-electron chi connectivity index (χ0n) is 10.5. The van der Waals surface area contributed by atoms with Crippen LogP contribution in [0.25, 0.3) is 0 Å². The smallest absolute Gasteiger partial charge is 0.222 e. The summed E-state index contributed by atoms with van der Waals surface area (Å²) in [6.07, 6.45) is 0.293. The van der Waals surface area contributed by atoms with Crippen LogP contribution in [0.2, 0.25) is 0 Å². The molecule has 1 rings (SSSR count). The van der Waals surface area contributed by atoms with Gasteiger partial charge in [0.05, 0.1) is 6.61 Å². The van der Waals surface area contributed by atoms with Gasteiger partial charge in [-0.05, 0) is 23.6 Å². The first kappa shape index (κ1) is 14.6. The Morgan fingerprint density at radius 1 is 1.39 bits per heavy atom. The van der Waals surface area contributed by atoms with Gasteiger partial charge in [-0.25, -0.2) is 8.78 Å². The summed E-state index contributed by atoms with van der Waals surface area (Å²) in [7, 11) is 1.52. The molecule has 1 N–H and O–H groups in total. The molecular formula is C13H17F2NO2. The molecule has 0 aromatic heterocycles. The third-order valence-corrected chi connectivity index (χ3v) is 2.65. The Kier molecular flexibility index (Phi) is 5.71. The predicted octanol–water partition coefficient (Wildman–Crippen LogP) is 2.22. The molecule has 0 aliphatic rings. The van der Waals surface area contributed by atoms with Crippen LogP contribution in [0.1, 0.15) is 24.8 Å². The van der Waals surface area contributed by atoms with Gasteiger partial charge in [-0.1, -0.05) is 13.0 Å². The van der Waals surface area contributed by atoms with E-state index in [0.29, 0.717) is 25.1 Å². The highest BCUT2D eigenvalue weighted by molar-refractivity contribution is 5.76. The van der Waals surface area contributed by atoms with E-state index in [0.717, 1.165) is 12.1 Å². The van der Waals surface area contributed by atoms with Crippen LogP contribution in [0, 0.1) is 11.6 Å². The number of rotatable bonds is 6. The number of hydrogen-bond acceptors (Lipinski definition) is 2. The van der Waals surface area contributed by atoms with E-state index < -0.39 is 11.6 Å². The number of amides is 1. The molecule has 1 aromatic carbocycles. The molecule has 1 atom stereocenters. The summed E-state index contributed by atoms with van der Waals surface area (Å²) in [5, 5.41) is 2.71. The lowest BCUT2D eigenvalue weighted by molar-refractivity contribution is -0.122. The van der Waals surface area contributed by atoms with Crippen molar-refractivity contribution in [3.05, 3.63) is 35.4 Å². The van der Waals surface area contributed by atoms with E-state index in [2.05, 4.69) is 5.32 Å². The molecular weight excluding hydrogens is 240 g/mol. The Hall–Kier alpha value is -1.49. The first-order chi connectivity index (χ1) is 8.54. The maximum atomic E-state index is 13.0. The molecule has 1 aromatic rings. The number of carbonyl (C=O) groups excluding carboxylic acids is 1. The van der Waals surface area contributed by atoms with Crippen LogP contribution in [-0.4, -0.2) is 26.2 Å². The lowest BCUT2D eigenvalue weighted by Crippen LogP contribution is -2.28. The second-order valence-corrected chi connectivity index (χ2v) is 4.12. The van der Waals surface area contributed by atoms with Gasteiger partial charge >= 0.3 is 0 Å². The van der Waals surface area contributed by atoms with Crippen molar-refractivity contribution in [2.24, 2.45) is 0 Å². The van der Waals surface area contributed by atoms with Gasteiger partial charge in [-0.15, -0.1) is 0 Å². The fourth-order valence-electron chi connectivity index (χ4n) is 1.49. The number of methoxy groups -OCH3 is 1. The molecule has 100 valence electrons. The predicted molar refractivity (Wildman–Crippen MR) is 64.3 cm³/mol. The summed E-state index contributed by atoms with van der Waals surface area (Å²) in [6.45, 7) is 2.59. The minimum Gasteiger partial charge on any atom is -0.384 e. The highest BCUT2D eigenvalue weighted by Gasteiger charge is 2.10. The van der Waals surface area contributed by atoms with E-state index in [1.807, 2.05) is 6.92 Å². The average molecular weight is 257 g/mol. The van der Waals surface area contributed by atoms with Crippen LogP contribution < -0.4 is 5.32 Å². The quantitative estimate of drug-likeness (QED) is 0.848. The van der Waals surface area contributed by atoms with Gasteiger partial charge in [-0.2, -0.15) is 0 Å². The Balaban J connectivity index is 2.47. The van der Waals surface area contributed by atoms with Crippen LogP contribution in [0.15, 0.2) is 18.2 Å². The summed E-state index contributed by atoms with van der Waals surface area (Å²) in [5.74, 6) is -1.93. The molecule has 18 heavy (non-hydrogen) atoms. The van der Waals surface area contributed by atoms with Crippen molar-refractivity contribution in [1.82, 2.24) is 5.32 Å². The van der Waals surface area contributed by atoms with Crippen molar-refractivity contribution in [1.29, 1.82) is 0 Å². The topological polar surface area (TPSA) is 38.3 Å². The fourth-order valence-corrected chi connectivity index (χ4v) is 1.49. The number of nitrogens with one attached hydrogen (secondary N) is 1. The molecule has 0 saturated carbocycles. The van der Waals surface area contributed by atoms with Crippen LogP contribution in [-0.2, 0) is 9.53 Å². The molecule has 0 radical (unpaired) electrons. The van der Waals surface area contributed by atoms with Crippen LogP contribution >= 0.6 is 0 Å². The van der Waals surface area contributed by atoms with E-state index in [1.165, 1.54) is 13.2 Å².